The Hall–Kier alpha value is -2.74. The summed E-state index contributed by atoms with van der Waals surface area (Å²) < 4.78 is 36.9. The summed E-state index contributed by atoms with van der Waals surface area (Å²) in [5.41, 5.74) is 2.36. The van der Waals surface area contributed by atoms with E-state index in [2.05, 4.69) is 5.32 Å². The van der Waals surface area contributed by atoms with Crippen molar-refractivity contribution in [1.82, 2.24) is 0 Å². The zero-order chi connectivity index (χ0) is 20.9. The molecule has 1 amide bonds. The van der Waals surface area contributed by atoms with E-state index in [1.54, 1.807) is 18.2 Å². The van der Waals surface area contributed by atoms with E-state index in [0.29, 0.717) is 36.8 Å². The molecule has 8 heteroatoms. The molecule has 0 saturated carbocycles. The van der Waals surface area contributed by atoms with Gasteiger partial charge in [-0.3, -0.25) is 9.10 Å². The lowest BCUT2D eigenvalue weighted by molar-refractivity contribution is -0.116. The van der Waals surface area contributed by atoms with Gasteiger partial charge in [0.15, 0.2) is 11.5 Å². The summed E-state index contributed by atoms with van der Waals surface area (Å²) >= 11 is 0. The number of carbonyl (C=O) groups is 1. The number of amides is 1. The van der Waals surface area contributed by atoms with Crippen molar-refractivity contribution in [2.45, 2.75) is 26.2 Å². The minimum atomic E-state index is -3.51. The number of carbonyl (C=O) groups excluding carboxylic acids is 1. The minimum absolute atomic E-state index is 0.137. The van der Waals surface area contributed by atoms with Crippen molar-refractivity contribution >= 4 is 27.3 Å². The van der Waals surface area contributed by atoms with Crippen LogP contribution >= 0.6 is 0 Å². The first-order valence-electron chi connectivity index (χ1n) is 9.63. The monoisotopic (exact) mass is 418 g/mol. The van der Waals surface area contributed by atoms with E-state index in [4.69, 9.17) is 9.47 Å². The smallest absolute Gasteiger partial charge is 0.232 e. The molecule has 3 rings (SSSR count). The highest BCUT2D eigenvalue weighted by Crippen LogP contribution is 2.34. The van der Waals surface area contributed by atoms with Gasteiger partial charge in [-0.25, -0.2) is 8.42 Å². The number of nitrogens with one attached hydrogen (secondary N) is 1. The largest absolute Gasteiger partial charge is 0.486 e. The highest BCUT2D eigenvalue weighted by Gasteiger charge is 2.21. The lowest BCUT2D eigenvalue weighted by Gasteiger charge is -2.25. The molecular weight excluding hydrogens is 392 g/mol. The quantitative estimate of drug-likeness (QED) is 0.712. The molecule has 2 aromatic rings. The van der Waals surface area contributed by atoms with Crippen LogP contribution in [-0.2, 0) is 21.2 Å². The topological polar surface area (TPSA) is 84.9 Å². The van der Waals surface area contributed by atoms with Crippen LogP contribution in [0.3, 0.4) is 0 Å². The summed E-state index contributed by atoms with van der Waals surface area (Å²) in [5.74, 6) is 0.986. The van der Waals surface area contributed by atoms with Crippen LogP contribution in [0, 0.1) is 0 Å². The van der Waals surface area contributed by atoms with Crippen LogP contribution in [0.1, 0.15) is 25.3 Å². The fraction of sp³-hybridized carbons (Fsp3) is 0.381. The summed E-state index contributed by atoms with van der Waals surface area (Å²) in [6.45, 7) is 3.12. The molecule has 0 aromatic heterocycles. The van der Waals surface area contributed by atoms with Crippen molar-refractivity contribution in [1.29, 1.82) is 0 Å². The Morgan fingerprint density at radius 3 is 2.55 bits per heavy atom. The van der Waals surface area contributed by atoms with Gasteiger partial charge in [-0.15, -0.1) is 0 Å². The van der Waals surface area contributed by atoms with Crippen LogP contribution in [0.2, 0.25) is 0 Å². The maximum Gasteiger partial charge on any atom is 0.232 e. The Kier molecular flexibility index (Phi) is 6.64. The molecule has 0 aliphatic carbocycles. The van der Waals surface area contributed by atoms with Crippen LogP contribution < -0.4 is 19.1 Å². The molecule has 2 aromatic carbocycles. The molecule has 29 heavy (non-hydrogen) atoms. The fourth-order valence-corrected chi connectivity index (χ4v) is 4.18. The van der Waals surface area contributed by atoms with Gasteiger partial charge < -0.3 is 14.8 Å². The molecule has 0 fully saturated rings. The maximum absolute atomic E-state index is 12.3. The van der Waals surface area contributed by atoms with Gasteiger partial charge in [-0.1, -0.05) is 25.1 Å². The number of sulfonamides is 1. The summed E-state index contributed by atoms with van der Waals surface area (Å²) in [5, 5.41) is 2.91. The first kappa shape index (κ1) is 21.0. The van der Waals surface area contributed by atoms with E-state index in [9.17, 15) is 13.2 Å². The zero-order valence-electron chi connectivity index (χ0n) is 16.7. The third-order valence-corrected chi connectivity index (χ3v) is 5.85. The van der Waals surface area contributed by atoms with Crippen LogP contribution in [0.25, 0.3) is 0 Å². The van der Waals surface area contributed by atoms with Crippen molar-refractivity contribution in [3.8, 4) is 11.5 Å². The van der Waals surface area contributed by atoms with Gasteiger partial charge in [0.1, 0.15) is 13.2 Å². The van der Waals surface area contributed by atoms with Gasteiger partial charge in [0, 0.05) is 24.7 Å². The molecule has 0 unspecified atom stereocenters. The SMILES string of the molecule is CCc1ccccc1NC(=O)CCCN(c1ccc2c(c1)OCCO2)S(C)(=O)=O. The first-order chi connectivity index (χ1) is 13.9. The molecule has 156 valence electrons. The molecule has 1 heterocycles. The van der Waals surface area contributed by atoms with E-state index in [0.717, 1.165) is 23.9 Å². The van der Waals surface area contributed by atoms with E-state index < -0.39 is 10.0 Å². The Balaban J connectivity index is 1.64. The normalized spacial score (nSPS) is 13.0. The Morgan fingerprint density at radius 1 is 1.10 bits per heavy atom. The van der Waals surface area contributed by atoms with Gasteiger partial charge in [-0.2, -0.15) is 0 Å². The van der Waals surface area contributed by atoms with Gasteiger partial charge in [0.25, 0.3) is 0 Å². The van der Waals surface area contributed by atoms with Gasteiger partial charge >= 0.3 is 0 Å². The third kappa shape index (κ3) is 5.41. The van der Waals surface area contributed by atoms with Crippen molar-refractivity contribution in [2.75, 3.05) is 35.6 Å². The number of anilines is 2. The number of nitrogens with zero attached hydrogens (tertiary/aromatic N) is 1. The standard InChI is InChI=1S/C21H26N2O5S/c1-3-16-7-4-5-8-18(16)22-21(24)9-6-12-23(29(2,25)26)17-10-11-19-20(15-17)28-14-13-27-19/h4-5,7-8,10-11,15H,3,6,9,12-14H2,1-2H3,(H,22,24). The second kappa shape index (κ2) is 9.17. The van der Waals surface area contributed by atoms with Gasteiger partial charge in [0.05, 0.1) is 11.9 Å². The second-order valence-corrected chi connectivity index (χ2v) is 8.73. The van der Waals surface area contributed by atoms with Gasteiger partial charge in [-0.05, 0) is 36.6 Å². The number of rotatable bonds is 8. The zero-order valence-corrected chi connectivity index (χ0v) is 17.5. The van der Waals surface area contributed by atoms with Crippen LogP contribution in [-0.4, -0.2) is 40.3 Å². The van der Waals surface area contributed by atoms with Gasteiger partial charge in [0.2, 0.25) is 15.9 Å². The number of ether oxygens (including phenoxy) is 2. The predicted octanol–water partition coefficient (Wildman–Crippen LogP) is 3.21. The number of hydrogen-bond acceptors (Lipinski definition) is 5. The Morgan fingerprint density at radius 2 is 1.83 bits per heavy atom. The number of aryl methyl sites for hydroxylation is 1. The van der Waals surface area contributed by atoms with Crippen molar-refractivity contribution in [2.24, 2.45) is 0 Å². The molecule has 0 saturated heterocycles. The summed E-state index contributed by atoms with van der Waals surface area (Å²) in [4.78, 5) is 12.3. The van der Waals surface area contributed by atoms with Crippen LogP contribution in [0.4, 0.5) is 11.4 Å². The minimum Gasteiger partial charge on any atom is -0.486 e. The van der Waals surface area contributed by atoms with E-state index in [1.165, 1.54) is 4.31 Å². The van der Waals surface area contributed by atoms with Crippen molar-refractivity contribution < 1.29 is 22.7 Å². The lowest BCUT2D eigenvalue weighted by Crippen LogP contribution is -2.31. The second-order valence-electron chi connectivity index (χ2n) is 6.83. The molecule has 0 radical (unpaired) electrons. The van der Waals surface area contributed by atoms with Crippen LogP contribution in [0.5, 0.6) is 11.5 Å². The van der Waals surface area contributed by atoms with E-state index in [-0.39, 0.29) is 18.9 Å². The van der Waals surface area contributed by atoms with Crippen molar-refractivity contribution in [3.63, 3.8) is 0 Å². The van der Waals surface area contributed by atoms with E-state index in [1.807, 2.05) is 31.2 Å². The third-order valence-electron chi connectivity index (χ3n) is 4.65. The number of hydrogen-bond donors (Lipinski definition) is 1. The molecule has 0 bridgehead atoms. The molecular formula is C21H26N2O5S. The van der Waals surface area contributed by atoms with Crippen molar-refractivity contribution in [3.05, 3.63) is 48.0 Å². The molecule has 7 nitrogen and oxygen atoms in total. The average molecular weight is 419 g/mol. The lowest BCUT2D eigenvalue weighted by atomic mass is 10.1. The Labute approximate surface area is 171 Å². The molecule has 1 aliphatic rings. The highest BCUT2D eigenvalue weighted by atomic mass is 32.2. The number of para-hydroxylation sites is 1. The molecule has 1 aliphatic heterocycles. The molecule has 0 atom stereocenters. The van der Waals surface area contributed by atoms with E-state index >= 15 is 0 Å². The highest BCUT2D eigenvalue weighted by molar-refractivity contribution is 7.92. The summed E-state index contributed by atoms with van der Waals surface area (Å²) in [7, 11) is -3.51. The van der Waals surface area contributed by atoms with Crippen LogP contribution in [0.15, 0.2) is 42.5 Å². The summed E-state index contributed by atoms with van der Waals surface area (Å²) in [6, 6.07) is 12.7. The molecule has 1 N–H and O–H groups in total. The molecule has 0 spiro atoms. The fourth-order valence-electron chi connectivity index (χ4n) is 3.22. The average Bonchev–Trinajstić information content (AvgIpc) is 2.70. The summed E-state index contributed by atoms with van der Waals surface area (Å²) in [6.07, 6.45) is 2.58. The first-order valence-corrected chi connectivity index (χ1v) is 11.5. The predicted molar refractivity (Wildman–Crippen MR) is 113 cm³/mol. The number of fused-ring (bicyclic) bond motifs is 1. The maximum atomic E-state index is 12.3. The number of benzene rings is 2. The Bertz CT molecular complexity index is 975.